The van der Waals surface area contributed by atoms with Crippen LogP contribution in [0.25, 0.3) is 0 Å². The molecule has 1 atom stereocenters. The lowest BCUT2D eigenvalue weighted by Gasteiger charge is -2.10. The van der Waals surface area contributed by atoms with Gasteiger partial charge in [-0.3, -0.25) is 9.59 Å². The van der Waals surface area contributed by atoms with Gasteiger partial charge in [-0.05, 0) is 31.5 Å². The molecule has 0 aromatic heterocycles. The molecule has 0 aliphatic carbocycles. The van der Waals surface area contributed by atoms with E-state index in [0.717, 1.165) is 12.0 Å². The molecule has 0 heterocycles. The summed E-state index contributed by atoms with van der Waals surface area (Å²) in [5.41, 5.74) is 1.27. The van der Waals surface area contributed by atoms with Crippen molar-refractivity contribution in [2.75, 3.05) is 20.7 Å². The average molecular weight is 316 g/mol. The molecule has 124 valence electrons. The molecule has 0 saturated carbocycles. The van der Waals surface area contributed by atoms with E-state index in [9.17, 15) is 9.59 Å². The van der Waals surface area contributed by atoms with Crippen molar-refractivity contribution in [2.24, 2.45) is 0 Å². The smallest absolute Gasteiger partial charge is 0.251 e. The monoisotopic (exact) mass is 316 g/mol. The Kier molecular flexibility index (Phi) is 7.86. The maximum absolute atomic E-state index is 12.0. The van der Waals surface area contributed by atoms with Gasteiger partial charge in [-0.2, -0.15) is 0 Å². The molecule has 1 unspecified atom stereocenters. The number of nitrogens with one attached hydrogen (secondary N) is 1. The summed E-state index contributed by atoms with van der Waals surface area (Å²) in [6.07, 6.45) is 1.85. The second-order valence-electron chi connectivity index (χ2n) is 5.58. The molecule has 5 nitrogen and oxygen atoms in total. The largest absolute Gasteiger partial charge is 0.394 e. The lowest BCUT2D eigenvalue weighted by Crippen LogP contribution is -2.34. The minimum atomic E-state index is -0.286. The summed E-state index contributed by atoms with van der Waals surface area (Å²) in [5, 5.41) is 11.7. The molecular formula is C18H24N2O3. The second kappa shape index (κ2) is 9.65. The van der Waals surface area contributed by atoms with Gasteiger partial charge < -0.3 is 15.3 Å². The zero-order valence-corrected chi connectivity index (χ0v) is 13.9. The van der Waals surface area contributed by atoms with Crippen LogP contribution in [0, 0.1) is 11.8 Å². The van der Waals surface area contributed by atoms with Crippen molar-refractivity contribution in [3.8, 4) is 11.8 Å². The number of amides is 2. The standard InChI is InChI=1S/C18H24N2O3/c1-14(13-21)19-18(23)16-10-7-9-15(12-16)8-5-4-6-11-17(22)20(2)3/h7,9-10,12,14,21H,4,6,11,13H2,1-3H3,(H,19,23). The molecule has 0 radical (unpaired) electrons. The van der Waals surface area contributed by atoms with Crippen LogP contribution in [0.1, 0.15) is 42.1 Å². The molecule has 0 aliphatic heterocycles. The van der Waals surface area contributed by atoms with E-state index < -0.39 is 0 Å². The summed E-state index contributed by atoms with van der Waals surface area (Å²) < 4.78 is 0. The number of unbranched alkanes of at least 4 members (excludes halogenated alkanes) is 1. The number of aliphatic hydroxyl groups is 1. The van der Waals surface area contributed by atoms with E-state index in [0.29, 0.717) is 18.4 Å². The number of rotatable bonds is 6. The van der Waals surface area contributed by atoms with Crippen LogP contribution < -0.4 is 5.32 Å². The van der Waals surface area contributed by atoms with E-state index in [1.165, 1.54) is 0 Å². The first kappa shape index (κ1) is 18.7. The van der Waals surface area contributed by atoms with Crippen LogP contribution in [0.4, 0.5) is 0 Å². The van der Waals surface area contributed by atoms with Gasteiger partial charge in [-0.1, -0.05) is 17.9 Å². The Labute approximate surface area is 137 Å². The third-order valence-corrected chi connectivity index (χ3v) is 3.20. The summed E-state index contributed by atoms with van der Waals surface area (Å²) >= 11 is 0. The highest BCUT2D eigenvalue weighted by Crippen LogP contribution is 2.05. The van der Waals surface area contributed by atoms with Crippen molar-refractivity contribution in [3.63, 3.8) is 0 Å². The molecule has 1 rings (SSSR count). The molecule has 23 heavy (non-hydrogen) atoms. The topological polar surface area (TPSA) is 69.6 Å². The van der Waals surface area contributed by atoms with Crippen LogP contribution >= 0.6 is 0 Å². The lowest BCUT2D eigenvalue weighted by atomic mass is 10.1. The van der Waals surface area contributed by atoms with Crippen molar-refractivity contribution in [2.45, 2.75) is 32.2 Å². The van der Waals surface area contributed by atoms with Gasteiger partial charge in [0.15, 0.2) is 0 Å². The summed E-state index contributed by atoms with van der Waals surface area (Å²) in [4.78, 5) is 25.0. The number of carbonyl (C=O) groups excluding carboxylic acids is 2. The number of hydrogen-bond donors (Lipinski definition) is 2. The third kappa shape index (κ3) is 6.98. The highest BCUT2D eigenvalue weighted by atomic mass is 16.3. The van der Waals surface area contributed by atoms with Gasteiger partial charge in [-0.15, -0.1) is 0 Å². The van der Waals surface area contributed by atoms with E-state index in [1.54, 1.807) is 44.1 Å². The summed E-state index contributed by atoms with van der Waals surface area (Å²) in [5.74, 6) is 5.90. The van der Waals surface area contributed by atoms with Gasteiger partial charge in [0.1, 0.15) is 0 Å². The second-order valence-corrected chi connectivity index (χ2v) is 5.58. The van der Waals surface area contributed by atoms with Gasteiger partial charge in [0, 0.05) is 44.1 Å². The van der Waals surface area contributed by atoms with E-state index in [2.05, 4.69) is 17.2 Å². The maximum Gasteiger partial charge on any atom is 0.251 e. The number of carbonyl (C=O) groups is 2. The van der Waals surface area contributed by atoms with Crippen molar-refractivity contribution >= 4 is 11.8 Å². The first-order valence-electron chi connectivity index (χ1n) is 7.65. The number of hydrogen-bond acceptors (Lipinski definition) is 3. The molecule has 0 saturated heterocycles. The van der Waals surface area contributed by atoms with Gasteiger partial charge in [0.2, 0.25) is 5.91 Å². The number of benzene rings is 1. The van der Waals surface area contributed by atoms with Crippen molar-refractivity contribution in [1.29, 1.82) is 0 Å². The zero-order chi connectivity index (χ0) is 17.2. The third-order valence-electron chi connectivity index (χ3n) is 3.20. The summed E-state index contributed by atoms with van der Waals surface area (Å²) in [6, 6.07) is 6.76. The van der Waals surface area contributed by atoms with E-state index in [-0.39, 0.29) is 24.5 Å². The quantitative estimate of drug-likeness (QED) is 0.616. The molecule has 1 aromatic carbocycles. The normalized spacial score (nSPS) is 11.1. The summed E-state index contributed by atoms with van der Waals surface area (Å²) in [7, 11) is 3.48. The Hall–Kier alpha value is -2.32. The Morgan fingerprint density at radius 3 is 2.74 bits per heavy atom. The van der Waals surface area contributed by atoms with E-state index >= 15 is 0 Å². The number of nitrogens with zero attached hydrogens (tertiary/aromatic N) is 1. The zero-order valence-electron chi connectivity index (χ0n) is 13.9. The molecule has 2 N–H and O–H groups in total. The van der Waals surface area contributed by atoms with Crippen LogP contribution in [-0.2, 0) is 4.79 Å². The van der Waals surface area contributed by atoms with Gasteiger partial charge in [0.25, 0.3) is 5.91 Å². The molecule has 5 heteroatoms. The van der Waals surface area contributed by atoms with Crippen LogP contribution in [-0.4, -0.2) is 48.6 Å². The minimum Gasteiger partial charge on any atom is -0.394 e. The molecule has 0 aliphatic rings. The minimum absolute atomic E-state index is 0.100. The van der Waals surface area contributed by atoms with Crippen LogP contribution in [0.5, 0.6) is 0 Å². The fourth-order valence-electron chi connectivity index (χ4n) is 1.81. The van der Waals surface area contributed by atoms with Crippen LogP contribution in [0.15, 0.2) is 24.3 Å². The Morgan fingerprint density at radius 2 is 2.09 bits per heavy atom. The van der Waals surface area contributed by atoms with Crippen molar-refractivity contribution in [3.05, 3.63) is 35.4 Å². The van der Waals surface area contributed by atoms with Crippen molar-refractivity contribution < 1.29 is 14.7 Å². The molecular weight excluding hydrogens is 292 g/mol. The fraction of sp³-hybridized carbons (Fsp3) is 0.444. The van der Waals surface area contributed by atoms with Gasteiger partial charge in [0.05, 0.1) is 6.61 Å². The highest BCUT2D eigenvalue weighted by molar-refractivity contribution is 5.94. The molecule has 0 bridgehead atoms. The van der Waals surface area contributed by atoms with Crippen LogP contribution in [0.2, 0.25) is 0 Å². The Balaban J connectivity index is 2.56. The van der Waals surface area contributed by atoms with Crippen molar-refractivity contribution in [1.82, 2.24) is 10.2 Å². The number of aliphatic hydroxyl groups excluding tert-OH is 1. The lowest BCUT2D eigenvalue weighted by molar-refractivity contribution is -0.128. The van der Waals surface area contributed by atoms with Gasteiger partial charge in [-0.25, -0.2) is 0 Å². The van der Waals surface area contributed by atoms with Crippen LogP contribution in [0.3, 0.4) is 0 Å². The van der Waals surface area contributed by atoms with Gasteiger partial charge >= 0.3 is 0 Å². The molecule has 0 spiro atoms. The van der Waals surface area contributed by atoms with E-state index in [1.807, 2.05) is 6.07 Å². The fourth-order valence-corrected chi connectivity index (χ4v) is 1.81. The molecule has 0 fully saturated rings. The Morgan fingerprint density at radius 1 is 1.35 bits per heavy atom. The summed E-state index contributed by atoms with van der Waals surface area (Å²) in [6.45, 7) is 1.63. The highest BCUT2D eigenvalue weighted by Gasteiger charge is 2.08. The Bertz CT molecular complexity index is 600. The van der Waals surface area contributed by atoms with E-state index in [4.69, 9.17) is 5.11 Å². The SMILES string of the molecule is CC(CO)NC(=O)c1cccc(C#CCCCC(=O)N(C)C)c1. The average Bonchev–Trinajstić information content (AvgIpc) is 2.54. The predicted molar refractivity (Wildman–Crippen MR) is 89.9 cm³/mol. The first-order chi connectivity index (χ1) is 10.9. The molecule has 1 aromatic rings. The first-order valence-corrected chi connectivity index (χ1v) is 7.65. The maximum atomic E-state index is 12.0. The predicted octanol–water partition coefficient (Wildman–Crippen LogP) is 1.41. The molecule has 2 amide bonds.